The predicted octanol–water partition coefficient (Wildman–Crippen LogP) is 7.38. The van der Waals surface area contributed by atoms with Gasteiger partial charge in [0.25, 0.3) is 0 Å². The van der Waals surface area contributed by atoms with E-state index in [1.54, 1.807) is 0 Å². The number of rotatable bonds is 3. The number of allylic oxidation sites excluding steroid dienone is 1. The molecule has 0 saturated carbocycles. The summed E-state index contributed by atoms with van der Waals surface area (Å²) in [7, 11) is -1.83. The van der Waals surface area contributed by atoms with Crippen LogP contribution in [-0.2, 0) is 0 Å². The molecule has 0 radical (unpaired) electrons. The van der Waals surface area contributed by atoms with Gasteiger partial charge in [0.05, 0.1) is 0 Å². The van der Waals surface area contributed by atoms with Crippen molar-refractivity contribution in [3.63, 3.8) is 0 Å². The van der Waals surface area contributed by atoms with Gasteiger partial charge in [-0.2, -0.15) is 11.1 Å². The van der Waals surface area contributed by atoms with E-state index in [1.165, 1.54) is 38.6 Å². The Labute approximate surface area is 155 Å². The molecule has 2 heteroatoms. The number of hydrogen-bond acceptors (Lipinski definition) is 0. The Bertz CT molecular complexity index is 974. The molecule has 1 atom stereocenters. The molecule has 0 bridgehead atoms. The minimum absolute atomic E-state index is 0.420. The highest BCUT2D eigenvalue weighted by Gasteiger charge is 2.38. The first-order chi connectivity index (χ1) is 12.0. The van der Waals surface area contributed by atoms with Gasteiger partial charge in [0.2, 0.25) is 0 Å². The Balaban J connectivity index is 1.98. The summed E-state index contributed by atoms with van der Waals surface area (Å²) >= 11 is 6.93. The molecule has 0 aromatic heterocycles. The molecule has 3 aromatic rings. The van der Waals surface area contributed by atoms with Crippen LogP contribution < -0.4 is 0 Å². The SMILES string of the molecule is CCC1=Cc2c(-c3cccc4ccccc34)cccc2C1[Si](C)(C)Cl. The van der Waals surface area contributed by atoms with E-state index in [-0.39, 0.29) is 0 Å². The van der Waals surface area contributed by atoms with Crippen LogP contribution in [0.1, 0.15) is 30.0 Å². The molecule has 0 aliphatic heterocycles. The number of fused-ring (bicyclic) bond motifs is 2. The van der Waals surface area contributed by atoms with Crippen LogP contribution in [0.25, 0.3) is 28.0 Å². The van der Waals surface area contributed by atoms with Crippen LogP contribution >= 0.6 is 11.1 Å². The van der Waals surface area contributed by atoms with E-state index in [4.69, 9.17) is 11.1 Å². The smallest absolute Gasteiger partial charge is 0.161 e. The summed E-state index contributed by atoms with van der Waals surface area (Å²) in [5.74, 6) is 0. The molecule has 1 aliphatic rings. The molecule has 3 aromatic carbocycles. The molecule has 25 heavy (non-hydrogen) atoms. The van der Waals surface area contributed by atoms with Crippen molar-refractivity contribution in [3.8, 4) is 11.1 Å². The van der Waals surface area contributed by atoms with Gasteiger partial charge in [-0.1, -0.05) is 92.3 Å². The number of halogens is 1. The predicted molar refractivity (Wildman–Crippen MR) is 114 cm³/mol. The highest BCUT2D eigenvalue weighted by Crippen LogP contribution is 2.48. The van der Waals surface area contributed by atoms with Gasteiger partial charge in [-0.05, 0) is 39.4 Å². The van der Waals surface area contributed by atoms with Gasteiger partial charge in [-0.25, -0.2) is 0 Å². The third-order valence-electron chi connectivity index (χ3n) is 5.33. The van der Waals surface area contributed by atoms with Crippen molar-refractivity contribution in [2.75, 3.05) is 0 Å². The summed E-state index contributed by atoms with van der Waals surface area (Å²) in [5.41, 5.74) is 7.36. The van der Waals surface area contributed by atoms with Crippen LogP contribution in [0.4, 0.5) is 0 Å². The topological polar surface area (TPSA) is 0 Å². The third kappa shape index (κ3) is 2.76. The highest BCUT2D eigenvalue weighted by molar-refractivity contribution is 7.20. The van der Waals surface area contributed by atoms with Crippen LogP contribution in [-0.4, -0.2) is 7.38 Å². The molecule has 0 saturated heterocycles. The lowest BCUT2D eigenvalue weighted by molar-refractivity contribution is 0.985. The van der Waals surface area contributed by atoms with Gasteiger partial charge in [-0.3, -0.25) is 0 Å². The fraction of sp³-hybridized carbons (Fsp3) is 0.217. The van der Waals surface area contributed by atoms with Crippen molar-refractivity contribution in [2.45, 2.75) is 32.0 Å². The summed E-state index contributed by atoms with van der Waals surface area (Å²) in [6, 6.07) is 22.0. The molecule has 4 rings (SSSR count). The molecule has 0 N–H and O–H groups in total. The highest BCUT2D eigenvalue weighted by atomic mass is 35.6. The fourth-order valence-electron chi connectivity index (χ4n) is 4.28. The summed E-state index contributed by atoms with van der Waals surface area (Å²) in [4.78, 5) is 0. The molecule has 126 valence electrons. The Morgan fingerprint density at radius 1 is 0.880 bits per heavy atom. The molecule has 0 spiro atoms. The zero-order valence-corrected chi connectivity index (χ0v) is 16.8. The lowest BCUT2D eigenvalue weighted by atomic mass is 9.93. The van der Waals surface area contributed by atoms with Crippen molar-refractivity contribution in [1.82, 2.24) is 0 Å². The standard InChI is InChI=1S/C23H23ClSi/c1-4-16-15-22-20(13-8-14-21(22)23(16)25(2,3)24)19-12-7-10-17-9-5-6-11-18(17)19/h5-15,23H,4H2,1-3H3. The molecule has 0 nitrogen and oxygen atoms in total. The monoisotopic (exact) mass is 362 g/mol. The van der Waals surface area contributed by atoms with Crippen LogP contribution in [0.15, 0.2) is 66.2 Å². The normalized spacial score (nSPS) is 16.8. The maximum absolute atomic E-state index is 6.93. The third-order valence-corrected chi connectivity index (χ3v) is 8.04. The lowest BCUT2D eigenvalue weighted by Crippen LogP contribution is -2.28. The van der Waals surface area contributed by atoms with Crippen LogP contribution in [0.2, 0.25) is 13.1 Å². The Morgan fingerprint density at radius 3 is 2.32 bits per heavy atom. The van der Waals surface area contributed by atoms with E-state index in [2.05, 4.69) is 86.8 Å². The summed E-state index contributed by atoms with van der Waals surface area (Å²) in [5, 5.41) is 2.61. The van der Waals surface area contributed by atoms with Gasteiger partial charge in [0, 0.05) is 5.54 Å². The second kappa shape index (κ2) is 6.16. The van der Waals surface area contributed by atoms with Crippen LogP contribution in [0, 0.1) is 0 Å². The quantitative estimate of drug-likeness (QED) is 0.336. The summed E-state index contributed by atoms with van der Waals surface area (Å²) in [6.07, 6.45) is 3.48. The van der Waals surface area contributed by atoms with Gasteiger partial charge >= 0.3 is 0 Å². The average Bonchev–Trinajstić information content (AvgIpc) is 3.00. The minimum atomic E-state index is -1.83. The van der Waals surface area contributed by atoms with E-state index >= 15 is 0 Å². The fourth-order valence-corrected chi connectivity index (χ4v) is 7.21. The van der Waals surface area contributed by atoms with Crippen LogP contribution in [0.3, 0.4) is 0 Å². The van der Waals surface area contributed by atoms with E-state index < -0.39 is 7.38 Å². The molecule has 1 unspecified atom stereocenters. The molecular weight excluding hydrogens is 340 g/mol. The minimum Gasteiger partial charge on any atom is -0.167 e. The van der Waals surface area contributed by atoms with E-state index in [9.17, 15) is 0 Å². The van der Waals surface area contributed by atoms with Gasteiger partial charge in [-0.15, -0.1) is 0 Å². The summed E-state index contributed by atoms with van der Waals surface area (Å²) in [6.45, 7) is 6.78. The van der Waals surface area contributed by atoms with E-state index in [0.717, 1.165) is 6.42 Å². The lowest BCUT2D eigenvalue weighted by Gasteiger charge is -2.26. The Morgan fingerprint density at radius 2 is 1.56 bits per heavy atom. The Kier molecular flexibility index (Phi) is 4.09. The van der Waals surface area contributed by atoms with Crippen molar-refractivity contribution in [3.05, 3.63) is 77.4 Å². The maximum Gasteiger partial charge on any atom is 0.161 e. The van der Waals surface area contributed by atoms with Gasteiger partial charge in [0.15, 0.2) is 7.38 Å². The van der Waals surface area contributed by atoms with Crippen molar-refractivity contribution < 1.29 is 0 Å². The first kappa shape index (κ1) is 16.6. The van der Waals surface area contributed by atoms with E-state index in [0.29, 0.717) is 5.54 Å². The summed E-state index contributed by atoms with van der Waals surface area (Å²) < 4.78 is 0. The molecular formula is C23H23ClSi. The molecule has 0 fully saturated rings. The van der Waals surface area contributed by atoms with Crippen molar-refractivity contribution in [2.24, 2.45) is 0 Å². The maximum atomic E-state index is 6.93. The second-order valence-corrected chi connectivity index (χ2v) is 14.0. The van der Waals surface area contributed by atoms with Crippen LogP contribution in [0.5, 0.6) is 0 Å². The van der Waals surface area contributed by atoms with E-state index in [1.807, 2.05) is 0 Å². The zero-order valence-electron chi connectivity index (χ0n) is 15.0. The largest absolute Gasteiger partial charge is 0.167 e. The number of hydrogen-bond donors (Lipinski definition) is 0. The number of benzene rings is 3. The van der Waals surface area contributed by atoms with Gasteiger partial charge in [0.1, 0.15) is 0 Å². The average molecular weight is 363 g/mol. The first-order valence-electron chi connectivity index (χ1n) is 9.01. The van der Waals surface area contributed by atoms with Crippen molar-refractivity contribution in [1.29, 1.82) is 0 Å². The zero-order chi connectivity index (χ0) is 17.6. The second-order valence-electron chi connectivity index (χ2n) is 7.41. The Hall–Kier alpha value is -1.83. The van der Waals surface area contributed by atoms with Gasteiger partial charge < -0.3 is 0 Å². The molecule has 1 aliphatic carbocycles. The molecule has 0 heterocycles. The first-order valence-corrected chi connectivity index (χ1v) is 13.1. The van der Waals surface area contributed by atoms with Crippen molar-refractivity contribution >= 4 is 35.3 Å². The molecule has 0 amide bonds.